The fourth-order valence-electron chi connectivity index (χ4n) is 0.547. The van der Waals surface area contributed by atoms with Gasteiger partial charge in [0, 0.05) is 0 Å². The van der Waals surface area contributed by atoms with E-state index in [2.05, 4.69) is 15.2 Å². The highest BCUT2D eigenvalue weighted by Crippen LogP contribution is 1.96. The first-order valence-corrected chi connectivity index (χ1v) is 3.02. The summed E-state index contributed by atoms with van der Waals surface area (Å²) >= 11 is 0. The molecule has 0 saturated carbocycles. The highest BCUT2D eigenvalue weighted by atomic mass is 16.4. The van der Waals surface area contributed by atoms with Crippen LogP contribution < -0.4 is 0 Å². The van der Waals surface area contributed by atoms with Crippen LogP contribution in [-0.4, -0.2) is 26.3 Å². The maximum absolute atomic E-state index is 10.3. The van der Waals surface area contributed by atoms with Gasteiger partial charge in [-0.1, -0.05) is 0 Å². The molecular formula is C6H7N3O2. The normalized spacial score (nSPS) is 9.64. The minimum atomic E-state index is -1.15. The molecule has 0 aliphatic heterocycles. The third kappa shape index (κ3) is 1.49. The molecule has 0 amide bonds. The molecule has 1 N–H and O–H groups in total. The third-order valence-electron chi connectivity index (χ3n) is 1.28. The van der Waals surface area contributed by atoms with Crippen molar-refractivity contribution in [3.05, 3.63) is 17.2 Å². The van der Waals surface area contributed by atoms with Crippen molar-refractivity contribution in [2.24, 2.45) is 0 Å². The second-order valence-electron chi connectivity index (χ2n) is 2.11. The van der Waals surface area contributed by atoms with Gasteiger partial charge in [0.05, 0.1) is 11.4 Å². The first-order chi connectivity index (χ1) is 5.11. The van der Waals surface area contributed by atoms with Crippen molar-refractivity contribution in [1.29, 1.82) is 0 Å². The molecule has 1 aromatic rings. The number of carboxylic acid groups (broad SMARTS) is 1. The van der Waals surface area contributed by atoms with E-state index in [9.17, 15) is 4.79 Å². The van der Waals surface area contributed by atoms with Crippen LogP contribution in [0.4, 0.5) is 0 Å². The van der Waals surface area contributed by atoms with Gasteiger partial charge < -0.3 is 5.11 Å². The van der Waals surface area contributed by atoms with Gasteiger partial charge in [-0.3, -0.25) is 0 Å². The molecule has 0 aromatic carbocycles. The van der Waals surface area contributed by atoms with E-state index < -0.39 is 5.97 Å². The second-order valence-corrected chi connectivity index (χ2v) is 2.11. The highest BCUT2D eigenvalue weighted by Gasteiger charge is 2.07. The van der Waals surface area contributed by atoms with Crippen LogP contribution in [0.5, 0.6) is 0 Å². The Morgan fingerprint density at radius 2 is 1.91 bits per heavy atom. The van der Waals surface area contributed by atoms with Crippen molar-refractivity contribution in [3.8, 4) is 0 Å². The average molecular weight is 153 g/mol. The molecule has 58 valence electrons. The summed E-state index contributed by atoms with van der Waals surface area (Å²) in [6, 6.07) is 0. The largest absolute Gasteiger partial charge is 0.475 e. The van der Waals surface area contributed by atoms with Crippen LogP contribution >= 0.6 is 0 Å². The minimum absolute atomic E-state index is 0.256. The average Bonchev–Trinajstić information content (AvgIpc) is 1.94. The van der Waals surface area contributed by atoms with Crippen LogP contribution in [0.3, 0.4) is 0 Å². The van der Waals surface area contributed by atoms with Gasteiger partial charge in [-0.25, -0.2) is 9.78 Å². The summed E-state index contributed by atoms with van der Waals surface area (Å²) in [6.07, 6.45) is 0. The van der Waals surface area contributed by atoms with Crippen LogP contribution in [-0.2, 0) is 0 Å². The molecule has 11 heavy (non-hydrogen) atoms. The summed E-state index contributed by atoms with van der Waals surface area (Å²) in [7, 11) is 0. The summed E-state index contributed by atoms with van der Waals surface area (Å²) in [6.45, 7) is 3.41. The van der Waals surface area contributed by atoms with Crippen molar-refractivity contribution >= 4 is 5.97 Å². The van der Waals surface area contributed by atoms with Crippen LogP contribution in [0, 0.1) is 13.8 Å². The number of carbonyl (C=O) groups is 1. The lowest BCUT2D eigenvalue weighted by atomic mass is 10.4. The van der Waals surface area contributed by atoms with Crippen LogP contribution in [0.2, 0.25) is 0 Å². The van der Waals surface area contributed by atoms with E-state index in [-0.39, 0.29) is 5.82 Å². The van der Waals surface area contributed by atoms with Crippen molar-refractivity contribution in [3.63, 3.8) is 0 Å². The molecule has 0 bridgehead atoms. The smallest absolute Gasteiger partial charge is 0.375 e. The standard InChI is InChI=1S/C6H7N3O2/c1-3-4(2)8-9-5(7-3)6(10)11/h1-2H3,(H,10,11). The Balaban J connectivity index is 3.15. The molecule has 0 atom stereocenters. The molecule has 0 unspecified atom stereocenters. The van der Waals surface area contributed by atoms with Crippen molar-refractivity contribution < 1.29 is 9.90 Å². The van der Waals surface area contributed by atoms with E-state index in [1.54, 1.807) is 13.8 Å². The zero-order valence-corrected chi connectivity index (χ0v) is 6.20. The first-order valence-electron chi connectivity index (χ1n) is 3.02. The number of aromatic carboxylic acids is 1. The predicted octanol–water partition coefficient (Wildman–Crippen LogP) is 0.187. The molecule has 0 spiro atoms. The number of aromatic nitrogens is 3. The highest BCUT2D eigenvalue weighted by molar-refractivity contribution is 5.82. The van der Waals surface area contributed by atoms with E-state index in [4.69, 9.17) is 5.11 Å². The third-order valence-corrected chi connectivity index (χ3v) is 1.28. The van der Waals surface area contributed by atoms with Gasteiger partial charge in [-0.15, -0.1) is 5.10 Å². The summed E-state index contributed by atoms with van der Waals surface area (Å²) in [5.74, 6) is -1.41. The lowest BCUT2D eigenvalue weighted by Crippen LogP contribution is -2.08. The van der Waals surface area contributed by atoms with Crippen molar-refractivity contribution in [2.75, 3.05) is 0 Å². The van der Waals surface area contributed by atoms with Gasteiger partial charge in [-0.2, -0.15) is 5.10 Å². The summed E-state index contributed by atoms with van der Waals surface area (Å²) in [4.78, 5) is 14.0. The Kier molecular flexibility index (Phi) is 1.80. The Morgan fingerprint density at radius 1 is 1.27 bits per heavy atom. The number of carboxylic acids is 1. The Hall–Kier alpha value is -1.52. The number of rotatable bonds is 1. The second kappa shape index (κ2) is 2.61. The Bertz CT molecular complexity index is 298. The van der Waals surface area contributed by atoms with Crippen LogP contribution in [0.25, 0.3) is 0 Å². The van der Waals surface area contributed by atoms with Gasteiger partial charge in [0.15, 0.2) is 0 Å². The van der Waals surface area contributed by atoms with Gasteiger partial charge in [0.1, 0.15) is 0 Å². The van der Waals surface area contributed by atoms with Gasteiger partial charge in [-0.05, 0) is 13.8 Å². The quantitative estimate of drug-likeness (QED) is 0.623. The van der Waals surface area contributed by atoms with Crippen LogP contribution in [0.1, 0.15) is 22.0 Å². The molecular weight excluding hydrogens is 146 g/mol. The van der Waals surface area contributed by atoms with Crippen LogP contribution in [0.15, 0.2) is 0 Å². The summed E-state index contributed by atoms with van der Waals surface area (Å²) in [5.41, 5.74) is 1.24. The fourth-order valence-corrected chi connectivity index (χ4v) is 0.547. The Labute approximate surface area is 63.1 Å². The SMILES string of the molecule is Cc1nnc(C(=O)O)nc1C. The zero-order chi connectivity index (χ0) is 8.43. The van der Waals surface area contributed by atoms with E-state index in [0.717, 1.165) is 0 Å². The maximum Gasteiger partial charge on any atom is 0.375 e. The number of aryl methyl sites for hydroxylation is 2. The maximum atomic E-state index is 10.3. The molecule has 5 heteroatoms. The van der Waals surface area contributed by atoms with E-state index in [1.807, 2.05) is 0 Å². The Morgan fingerprint density at radius 3 is 2.36 bits per heavy atom. The molecule has 1 aromatic heterocycles. The molecule has 0 aliphatic carbocycles. The van der Waals surface area contributed by atoms with E-state index >= 15 is 0 Å². The lowest BCUT2D eigenvalue weighted by Gasteiger charge is -1.96. The van der Waals surface area contributed by atoms with Gasteiger partial charge >= 0.3 is 5.97 Å². The lowest BCUT2D eigenvalue weighted by molar-refractivity contribution is 0.0681. The minimum Gasteiger partial charge on any atom is -0.475 e. The number of hydrogen-bond donors (Lipinski definition) is 1. The molecule has 5 nitrogen and oxygen atoms in total. The fraction of sp³-hybridized carbons (Fsp3) is 0.333. The molecule has 1 heterocycles. The summed E-state index contributed by atoms with van der Waals surface area (Å²) in [5, 5.41) is 15.4. The molecule has 1 rings (SSSR count). The number of hydrogen-bond acceptors (Lipinski definition) is 4. The molecule has 0 fully saturated rings. The van der Waals surface area contributed by atoms with E-state index in [0.29, 0.717) is 11.4 Å². The topological polar surface area (TPSA) is 76.0 Å². The van der Waals surface area contributed by atoms with Crippen molar-refractivity contribution in [1.82, 2.24) is 15.2 Å². The molecule has 0 aliphatic rings. The first kappa shape index (κ1) is 7.59. The van der Waals surface area contributed by atoms with Gasteiger partial charge in [0.25, 0.3) is 5.82 Å². The van der Waals surface area contributed by atoms with E-state index in [1.165, 1.54) is 0 Å². The monoisotopic (exact) mass is 153 g/mol. The molecule has 0 saturated heterocycles. The predicted molar refractivity (Wildman–Crippen MR) is 36.3 cm³/mol. The van der Waals surface area contributed by atoms with Crippen molar-refractivity contribution in [2.45, 2.75) is 13.8 Å². The number of nitrogens with zero attached hydrogens (tertiary/aromatic N) is 3. The zero-order valence-electron chi connectivity index (χ0n) is 6.20. The molecule has 0 radical (unpaired) electrons. The van der Waals surface area contributed by atoms with Gasteiger partial charge in [0.2, 0.25) is 0 Å². The summed E-state index contributed by atoms with van der Waals surface area (Å²) < 4.78 is 0.